The summed E-state index contributed by atoms with van der Waals surface area (Å²) < 4.78 is 11.2. The quantitative estimate of drug-likeness (QED) is 0.124. The van der Waals surface area contributed by atoms with Crippen molar-refractivity contribution in [3.05, 3.63) is 89.5 Å². The summed E-state index contributed by atoms with van der Waals surface area (Å²) in [6.45, 7) is 2.45. The average molecular weight is 519 g/mol. The van der Waals surface area contributed by atoms with Gasteiger partial charge in [0.2, 0.25) is 0 Å². The van der Waals surface area contributed by atoms with E-state index in [1.807, 2.05) is 0 Å². The molecule has 38 heavy (non-hydrogen) atoms. The standard InChI is InChI=1S/C30H34N2O6/c1-2-3-4-5-6-19-37-26-17-11-24(12-18-26)30(36)38-27-15-7-22(8-16-27)20-32(21-28(33)34)29(35)23-9-13-25(31)14-10-23/h7-18H,2-6,19-21,31H2,1H3,(H,33,34). The van der Waals surface area contributed by atoms with Crippen molar-refractivity contribution < 1.29 is 29.0 Å². The molecule has 0 unspecified atom stereocenters. The first-order chi connectivity index (χ1) is 18.4. The number of nitrogen functional groups attached to an aromatic ring is 1. The number of carbonyl (C=O) groups is 3. The van der Waals surface area contributed by atoms with Crippen LogP contribution in [0, 0.1) is 0 Å². The minimum absolute atomic E-state index is 0.0732. The van der Waals surface area contributed by atoms with Crippen LogP contribution in [-0.2, 0) is 11.3 Å². The summed E-state index contributed by atoms with van der Waals surface area (Å²) in [7, 11) is 0. The molecule has 0 bridgehead atoms. The molecule has 3 aromatic rings. The Morgan fingerprint density at radius 2 is 1.39 bits per heavy atom. The number of aliphatic carboxylic acids is 1. The fourth-order valence-corrected chi connectivity index (χ4v) is 3.80. The molecule has 3 rings (SSSR count). The summed E-state index contributed by atoms with van der Waals surface area (Å²) in [5.74, 6) is -1.01. The van der Waals surface area contributed by atoms with Gasteiger partial charge in [0.05, 0.1) is 12.2 Å². The van der Waals surface area contributed by atoms with Crippen molar-refractivity contribution >= 4 is 23.5 Å². The number of hydrogen-bond donors (Lipinski definition) is 2. The number of esters is 1. The molecule has 0 fully saturated rings. The molecule has 0 heterocycles. The van der Waals surface area contributed by atoms with Crippen LogP contribution in [0.2, 0.25) is 0 Å². The molecule has 0 atom stereocenters. The Morgan fingerprint density at radius 1 is 0.789 bits per heavy atom. The zero-order chi connectivity index (χ0) is 27.3. The first-order valence-corrected chi connectivity index (χ1v) is 12.8. The monoisotopic (exact) mass is 518 g/mol. The molecular formula is C30H34N2O6. The maximum Gasteiger partial charge on any atom is 0.343 e. The molecule has 0 aliphatic rings. The first kappa shape index (κ1) is 28.2. The van der Waals surface area contributed by atoms with Crippen molar-refractivity contribution in [2.45, 2.75) is 45.6 Å². The lowest BCUT2D eigenvalue weighted by Gasteiger charge is -2.21. The van der Waals surface area contributed by atoms with Crippen molar-refractivity contribution in [3.63, 3.8) is 0 Å². The van der Waals surface area contributed by atoms with Crippen molar-refractivity contribution in [1.29, 1.82) is 0 Å². The normalized spacial score (nSPS) is 10.6. The predicted octanol–water partition coefficient (Wildman–Crippen LogP) is 5.56. The molecule has 8 heteroatoms. The highest BCUT2D eigenvalue weighted by molar-refractivity contribution is 5.96. The van der Waals surface area contributed by atoms with E-state index in [1.165, 1.54) is 24.2 Å². The molecule has 8 nitrogen and oxygen atoms in total. The van der Waals surface area contributed by atoms with Crippen molar-refractivity contribution in [3.8, 4) is 11.5 Å². The van der Waals surface area contributed by atoms with Gasteiger partial charge in [0.1, 0.15) is 18.0 Å². The zero-order valence-corrected chi connectivity index (χ0v) is 21.6. The Hall–Kier alpha value is -4.33. The number of rotatable bonds is 14. The fourth-order valence-electron chi connectivity index (χ4n) is 3.80. The highest BCUT2D eigenvalue weighted by atomic mass is 16.5. The molecule has 0 aliphatic carbocycles. The highest BCUT2D eigenvalue weighted by Crippen LogP contribution is 2.19. The van der Waals surface area contributed by atoms with E-state index in [9.17, 15) is 19.5 Å². The number of carboxylic acids is 1. The lowest BCUT2D eigenvalue weighted by Crippen LogP contribution is -2.35. The van der Waals surface area contributed by atoms with Gasteiger partial charge >= 0.3 is 11.9 Å². The Bertz CT molecular complexity index is 1190. The topological polar surface area (TPSA) is 119 Å². The van der Waals surface area contributed by atoms with Gasteiger partial charge in [0.25, 0.3) is 5.91 Å². The lowest BCUT2D eigenvalue weighted by molar-refractivity contribution is -0.137. The second-order valence-corrected chi connectivity index (χ2v) is 9.00. The third kappa shape index (κ3) is 8.96. The highest BCUT2D eigenvalue weighted by Gasteiger charge is 2.19. The molecule has 0 radical (unpaired) electrons. The van der Waals surface area contributed by atoms with E-state index in [2.05, 4.69) is 6.92 Å². The van der Waals surface area contributed by atoms with Crippen LogP contribution in [0.15, 0.2) is 72.8 Å². The number of carbonyl (C=O) groups excluding carboxylic acids is 2. The number of unbranched alkanes of at least 4 members (excludes halogenated alkanes) is 4. The van der Waals surface area contributed by atoms with E-state index in [-0.39, 0.29) is 6.54 Å². The fraction of sp³-hybridized carbons (Fsp3) is 0.300. The Morgan fingerprint density at radius 3 is 2.03 bits per heavy atom. The van der Waals surface area contributed by atoms with Crippen LogP contribution in [0.1, 0.15) is 65.3 Å². The second kappa shape index (κ2) is 14.4. The summed E-state index contributed by atoms with van der Waals surface area (Å²) in [4.78, 5) is 38.0. The number of anilines is 1. The zero-order valence-electron chi connectivity index (χ0n) is 21.6. The molecule has 0 saturated heterocycles. The van der Waals surface area contributed by atoms with Crippen LogP contribution in [0.25, 0.3) is 0 Å². The molecule has 3 aromatic carbocycles. The van der Waals surface area contributed by atoms with E-state index < -0.39 is 24.4 Å². The summed E-state index contributed by atoms with van der Waals surface area (Å²) in [5, 5.41) is 9.27. The van der Waals surface area contributed by atoms with Crippen LogP contribution in [-0.4, -0.2) is 41.0 Å². The van der Waals surface area contributed by atoms with Crippen LogP contribution < -0.4 is 15.2 Å². The number of hydrogen-bond acceptors (Lipinski definition) is 6. The molecule has 1 amide bonds. The van der Waals surface area contributed by atoms with E-state index in [0.29, 0.717) is 40.5 Å². The Labute approximate surface area is 223 Å². The summed E-state index contributed by atoms with van der Waals surface area (Å²) in [6, 6.07) is 19.7. The van der Waals surface area contributed by atoms with Gasteiger partial charge in [0.15, 0.2) is 0 Å². The number of ether oxygens (including phenoxy) is 2. The van der Waals surface area contributed by atoms with Gasteiger partial charge in [-0.2, -0.15) is 0 Å². The Balaban J connectivity index is 1.54. The van der Waals surface area contributed by atoms with Crippen molar-refractivity contribution in [2.24, 2.45) is 0 Å². The minimum atomic E-state index is -1.12. The number of benzene rings is 3. The van der Waals surface area contributed by atoms with Crippen molar-refractivity contribution in [2.75, 3.05) is 18.9 Å². The predicted molar refractivity (Wildman–Crippen MR) is 145 cm³/mol. The van der Waals surface area contributed by atoms with E-state index >= 15 is 0 Å². The molecule has 200 valence electrons. The first-order valence-electron chi connectivity index (χ1n) is 12.8. The van der Waals surface area contributed by atoms with E-state index in [4.69, 9.17) is 15.2 Å². The van der Waals surface area contributed by atoms with Crippen LogP contribution in [0.4, 0.5) is 5.69 Å². The van der Waals surface area contributed by atoms with Crippen LogP contribution in [0.5, 0.6) is 11.5 Å². The third-order valence-electron chi connectivity index (χ3n) is 5.88. The Kier molecular flexibility index (Phi) is 10.7. The van der Waals surface area contributed by atoms with Crippen LogP contribution >= 0.6 is 0 Å². The summed E-state index contributed by atoms with van der Waals surface area (Å²) in [5.41, 5.74) is 7.60. The molecule has 0 aromatic heterocycles. The maximum atomic E-state index is 12.8. The number of amides is 1. The molecule has 3 N–H and O–H groups in total. The molecule has 0 aliphatic heterocycles. The van der Waals surface area contributed by atoms with Gasteiger partial charge in [-0.05, 0) is 72.6 Å². The number of nitrogens with two attached hydrogens (primary N) is 1. The smallest absolute Gasteiger partial charge is 0.343 e. The van der Waals surface area contributed by atoms with Crippen molar-refractivity contribution in [1.82, 2.24) is 4.90 Å². The van der Waals surface area contributed by atoms with E-state index in [1.54, 1.807) is 72.8 Å². The van der Waals surface area contributed by atoms with Gasteiger partial charge in [-0.25, -0.2) is 4.79 Å². The lowest BCUT2D eigenvalue weighted by atomic mass is 10.1. The van der Waals surface area contributed by atoms with Gasteiger partial charge < -0.3 is 25.2 Å². The second-order valence-electron chi connectivity index (χ2n) is 9.00. The van der Waals surface area contributed by atoms with Gasteiger partial charge in [-0.15, -0.1) is 0 Å². The maximum absolute atomic E-state index is 12.8. The largest absolute Gasteiger partial charge is 0.494 e. The van der Waals surface area contributed by atoms with Crippen LogP contribution in [0.3, 0.4) is 0 Å². The number of carboxylic acid groups (broad SMARTS) is 1. The molecule has 0 saturated carbocycles. The number of nitrogens with zero attached hydrogens (tertiary/aromatic N) is 1. The summed E-state index contributed by atoms with van der Waals surface area (Å²) >= 11 is 0. The third-order valence-corrected chi connectivity index (χ3v) is 5.88. The van der Waals surface area contributed by atoms with E-state index in [0.717, 1.165) is 12.8 Å². The van der Waals surface area contributed by atoms with Gasteiger partial charge in [-0.1, -0.05) is 44.7 Å². The minimum Gasteiger partial charge on any atom is -0.494 e. The SMILES string of the molecule is CCCCCCCOc1ccc(C(=O)Oc2ccc(CN(CC(=O)O)C(=O)c3ccc(N)cc3)cc2)cc1. The average Bonchev–Trinajstić information content (AvgIpc) is 2.91. The van der Waals surface area contributed by atoms with Gasteiger partial charge in [-0.3, -0.25) is 9.59 Å². The van der Waals surface area contributed by atoms with Gasteiger partial charge in [0, 0.05) is 17.8 Å². The molecular weight excluding hydrogens is 484 g/mol. The summed E-state index contributed by atoms with van der Waals surface area (Å²) in [6.07, 6.45) is 5.82. The molecule has 0 spiro atoms.